The largest absolute Gasteiger partial charge is 0.495 e. The first-order valence-electron chi connectivity index (χ1n) is 10.5. The van der Waals surface area contributed by atoms with Gasteiger partial charge in [0, 0.05) is 36.2 Å². The number of carbonyl (C=O) groups excluding carboxylic acids is 1. The van der Waals surface area contributed by atoms with Crippen LogP contribution >= 0.6 is 0 Å². The maximum Gasteiger partial charge on any atom is 0.271 e. The molecule has 1 heterocycles. The van der Waals surface area contributed by atoms with Crippen LogP contribution < -0.4 is 14.9 Å². The zero-order valence-corrected chi connectivity index (χ0v) is 20.3. The van der Waals surface area contributed by atoms with Crippen LogP contribution in [0, 0.1) is 13.8 Å². The Balaban J connectivity index is 1.73. The lowest BCUT2D eigenvalue weighted by Crippen LogP contribution is -2.19. The van der Waals surface area contributed by atoms with Crippen molar-refractivity contribution in [3.05, 3.63) is 77.1 Å². The van der Waals surface area contributed by atoms with Crippen molar-refractivity contribution in [1.29, 1.82) is 0 Å². The minimum absolute atomic E-state index is 0.0586. The van der Waals surface area contributed by atoms with Gasteiger partial charge < -0.3 is 14.0 Å². The van der Waals surface area contributed by atoms with E-state index in [4.69, 9.17) is 9.47 Å². The highest BCUT2D eigenvalue weighted by atomic mass is 32.2. The number of anilines is 1. The quantitative estimate of drug-likeness (QED) is 0.339. The number of aromatic nitrogens is 1. The number of para-hydroxylation sites is 2. The van der Waals surface area contributed by atoms with Crippen LogP contribution in [-0.2, 0) is 21.3 Å². The van der Waals surface area contributed by atoms with Crippen LogP contribution in [0.3, 0.4) is 0 Å². The number of benzene rings is 2. The number of nitrogens with zero attached hydrogens (tertiary/aromatic N) is 2. The van der Waals surface area contributed by atoms with E-state index in [1.165, 1.54) is 31.4 Å². The van der Waals surface area contributed by atoms with Crippen LogP contribution in [0.2, 0.25) is 0 Å². The van der Waals surface area contributed by atoms with E-state index in [9.17, 15) is 13.2 Å². The molecule has 9 nitrogen and oxygen atoms in total. The molecule has 2 N–H and O–H groups in total. The standard InChI is InChI=1S/C24H28N4O5S/c1-17-14-20(18(2)28(17)12-13-32-3)16-25-26-24(29)19-8-7-9-21(15-19)34(30,31)27-22-10-5-6-11-23(22)33-4/h5-11,14-16,27H,12-13H2,1-4H3,(H,26,29)/b25-16+. The smallest absolute Gasteiger partial charge is 0.271 e. The number of hydrogen-bond donors (Lipinski definition) is 2. The van der Waals surface area contributed by atoms with Gasteiger partial charge in [0.1, 0.15) is 5.75 Å². The van der Waals surface area contributed by atoms with E-state index in [1.54, 1.807) is 37.6 Å². The van der Waals surface area contributed by atoms with E-state index in [2.05, 4.69) is 19.8 Å². The average molecular weight is 485 g/mol. The molecule has 0 unspecified atom stereocenters. The fourth-order valence-electron chi connectivity index (χ4n) is 3.45. The molecule has 34 heavy (non-hydrogen) atoms. The fraction of sp³-hybridized carbons (Fsp3) is 0.250. The summed E-state index contributed by atoms with van der Waals surface area (Å²) < 4.78 is 40.6. The summed E-state index contributed by atoms with van der Waals surface area (Å²) >= 11 is 0. The molecule has 180 valence electrons. The monoisotopic (exact) mass is 484 g/mol. The van der Waals surface area contributed by atoms with Crippen LogP contribution in [0.25, 0.3) is 0 Å². The van der Waals surface area contributed by atoms with Gasteiger partial charge in [-0.3, -0.25) is 9.52 Å². The van der Waals surface area contributed by atoms with Gasteiger partial charge in [-0.05, 0) is 50.2 Å². The van der Waals surface area contributed by atoms with Gasteiger partial charge in [0.25, 0.3) is 15.9 Å². The number of aryl methyl sites for hydroxylation is 1. The molecule has 0 saturated carbocycles. The number of ether oxygens (including phenoxy) is 2. The molecule has 0 aliphatic heterocycles. The Morgan fingerprint density at radius 2 is 1.85 bits per heavy atom. The lowest BCUT2D eigenvalue weighted by atomic mass is 10.2. The SMILES string of the molecule is COCCn1c(C)cc(/C=N/NC(=O)c2cccc(S(=O)(=O)Nc3ccccc3OC)c2)c1C. The van der Waals surface area contributed by atoms with Crippen molar-refractivity contribution in [3.63, 3.8) is 0 Å². The maximum absolute atomic E-state index is 12.9. The molecule has 1 amide bonds. The number of nitrogens with one attached hydrogen (secondary N) is 2. The number of hydrogen-bond acceptors (Lipinski definition) is 6. The van der Waals surface area contributed by atoms with Crippen LogP contribution in [-0.4, -0.2) is 45.9 Å². The number of rotatable bonds is 10. The van der Waals surface area contributed by atoms with Crippen LogP contribution in [0.5, 0.6) is 5.75 Å². The highest BCUT2D eigenvalue weighted by Gasteiger charge is 2.18. The zero-order chi connectivity index (χ0) is 24.7. The summed E-state index contributed by atoms with van der Waals surface area (Å²) in [6, 6.07) is 14.4. The Morgan fingerprint density at radius 1 is 1.09 bits per heavy atom. The molecule has 1 aromatic heterocycles. The van der Waals surface area contributed by atoms with E-state index in [0.717, 1.165) is 23.5 Å². The summed E-state index contributed by atoms with van der Waals surface area (Å²) in [5, 5.41) is 4.05. The first kappa shape index (κ1) is 25.0. The third-order valence-corrected chi connectivity index (χ3v) is 6.62. The van der Waals surface area contributed by atoms with Crippen molar-refractivity contribution in [2.24, 2.45) is 5.10 Å². The summed E-state index contributed by atoms with van der Waals surface area (Å²) in [6.07, 6.45) is 1.56. The summed E-state index contributed by atoms with van der Waals surface area (Å²) in [4.78, 5) is 12.5. The van der Waals surface area contributed by atoms with Crippen molar-refractivity contribution in [2.45, 2.75) is 25.3 Å². The Hall–Kier alpha value is -3.63. The van der Waals surface area contributed by atoms with Gasteiger partial charge >= 0.3 is 0 Å². The van der Waals surface area contributed by atoms with Gasteiger partial charge in [0.2, 0.25) is 0 Å². The van der Waals surface area contributed by atoms with E-state index >= 15 is 0 Å². The second-order valence-electron chi connectivity index (χ2n) is 7.50. The van der Waals surface area contributed by atoms with E-state index in [-0.39, 0.29) is 10.5 Å². The first-order chi connectivity index (χ1) is 16.3. The molecule has 0 atom stereocenters. The van der Waals surface area contributed by atoms with Crippen molar-refractivity contribution in [3.8, 4) is 5.75 Å². The van der Waals surface area contributed by atoms with Gasteiger partial charge in [0.15, 0.2) is 0 Å². The highest BCUT2D eigenvalue weighted by molar-refractivity contribution is 7.92. The summed E-state index contributed by atoms with van der Waals surface area (Å²) in [6.45, 7) is 5.27. The molecule has 0 radical (unpaired) electrons. The second-order valence-corrected chi connectivity index (χ2v) is 9.19. The number of amides is 1. The van der Waals surface area contributed by atoms with Gasteiger partial charge in [-0.2, -0.15) is 5.10 Å². The van der Waals surface area contributed by atoms with Gasteiger partial charge in [-0.1, -0.05) is 18.2 Å². The summed E-state index contributed by atoms with van der Waals surface area (Å²) in [7, 11) is -0.834. The number of methoxy groups -OCH3 is 2. The molecule has 2 aromatic carbocycles. The predicted molar refractivity (Wildman–Crippen MR) is 131 cm³/mol. The molecule has 0 aliphatic rings. The molecule has 3 aromatic rings. The van der Waals surface area contributed by atoms with Gasteiger partial charge in [0.05, 0.1) is 30.5 Å². The Kier molecular flexibility index (Phi) is 8.08. The number of hydrazone groups is 1. The van der Waals surface area contributed by atoms with Crippen molar-refractivity contribution >= 4 is 27.8 Å². The fourth-order valence-corrected chi connectivity index (χ4v) is 4.56. The molecule has 3 rings (SSSR count). The normalized spacial score (nSPS) is 11.5. The van der Waals surface area contributed by atoms with E-state index in [0.29, 0.717) is 18.0 Å². The number of sulfonamides is 1. The maximum atomic E-state index is 12.9. The predicted octanol–water partition coefficient (Wildman–Crippen LogP) is 3.32. The zero-order valence-electron chi connectivity index (χ0n) is 19.5. The Morgan fingerprint density at radius 3 is 2.59 bits per heavy atom. The third-order valence-electron chi connectivity index (χ3n) is 5.26. The lowest BCUT2D eigenvalue weighted by Gasteiger charge is -2.12. The van der Waals surface area contributed by atoms with Crippen LogP contribution in [0.15, 0.2) is 64.6 Å². The minimum Gasteiger partial charge on any atom is -0.495 e. The molecule has 0 aliphatic carbocycles. The third kappa shape index (κ3) is 5.83. The van der Waals surface area contributed by atoms with Crippen LogP contribution in [0.4, 0.5) is 5.69 Å². The van der Waals surface area contributed by atoms with Crippen molar-refractivity contribution in [2.75, 3.05) is 25.5 Å². The molecular weight excluding hydrogens is 456 g/mol. The summed E-state index contributed by atoms with van der Waals surface area (Å²) in [5.41, 5.74) is 5.84. The van der Waals surface area contributed by atoms with E-state index in [1.807, 2.05) is 19.9 Å². The molecule has 0 saturated heterocycles. The van der Waals surface area contributed by atoms with Crippen molar-refractivity contribution < 1.29 is 22.7 Å². The molecule has 0 bridgehead atoms. The highest BCUT2D eigenvalue weighted by Crippen LogP contribution is 2.26. The topological polar surface area (TPSA) is 111 Å². The molecule has 0 spiro atoms. The molecular formula is C24H28N4O5S. The second kappa shape index (κ2) is 11.0. The van der Waals surface area contributed by atoms with Crippen LogP contribution in [0.1, 0.15) is 27.3 Å². The number of carbonyl (C=O) groups is 1. The van der Waals surface area contributed by atoms with Crippen molar-refractivity contribution in [1.82, 2.24) is 9.99 Å². The summed E-state index contributed by atoms with van der Waals surface area (Å²) in [5.74, 6) is -0.144. The molecule has 0 fully saturated rings. The lowest BCUT2D eigenvalue weighted by molar-refractivity contribution is 0.0955. The van der Waals surface area contributed by atoms with Gasteiger partial charge in [-0.25, -0.2) is 13.8 Å². The van der Waals surface area contributed by atoms with E-state index < -0.39 is 15.9 Å². The first-order valence-corrected chi connectivity index (χ1v) is 12.0. The average Bonchev–Trinajstić information content (AvgIpc) is 3.10. The Bertz CT molecular complexity index is 1300. The minimum atomic E-state index is -3.94. The Labute approximate surface area is 199 Å². The van der Waals surface area contributed by atoms with Gasteiger partial charge in [-0.15, -0.1) is 0 Å². The molecule has 10 heteroatoms.